The molecular weight excluding hydrogens is 216 g/mol. The van der Waals surface area contributed by atoms with Crippen molar-refractivity contribution in [3.05, 3.63) is 0 Å². The van der Waals surface area contributed by atoms with E-state index in [1.54, 1.807) is 0 Å². The van der Waals surface area contributed by atoms with E-state index in [1.807, 2.05) is 4.90 Å². The highest BCUT2D eigenvalue weighted by Crippen LogP contribution is 2.21. The molecule has 0 radical (unpaired) electrons. The van der Waals surface area contributed by atoms with Crippen LogP contribution in [0.4, 0.5) is 0 Å². The lowest BCUT2D eigenvalue weighted by molar-refractivity contribution is -0.134. The fourth-order valence-corrected chi connectivity index (χ4v) is 3.11. The molecule has 3 atom stereocenters. The number of carbonyl (C=O) groups excluding carboxylic acids is 1. The van der Waals surface area contributed by atoms with Crippen LogP contribution < -0.4 is 0 Å². The molecule has 2 heterocycles. The summed E-state index contributed by atoms with van der Waals surface area (Å²) >= 11 is 0. The Morgan fingerprint density at radius 1 is 1.24 bits per heavy atom. The van der Waals surface area contributed by atoms with Crippen molar-refractivity contribution in [2.45, 2.75) is 32.8 Å². The van der Waals surface area contributed by atoms with Gasteiger partial charge in [0.1, 0.15) is 0 Å². The van der Waals surface area contributed by atoms with Gasteiger partial charge in [-0.25, -0.2) is 0 Å². The highest BCUT2D eigenvalue weighted by molar-refractivity contribution is 5.78. The second-order valence-corrected chi connectivity index (χ2v) is 5.92. The van der Waals surface area contributed by atoms with Crippen LogP contribution >= 0.6 is 0 Å². The number of nitrogens with zero attached hydrogens (tertiary/aromatic N) is 2. The number of carbonyl (C=O) groups is 1. The predicted octanol–water partition coefficient (Wildman–Crippen LogP) is 0.557. The number of aliphatic hydroxyl groups is 1. The molecule has 1 amide bonds. The number of rotatable bonds is 2. The standard InChI is InChI=1S/C13H24N2O2/c1-10-5-11(2)7-15(6-10)13(17)9-14-4-3-12(16)8-14/h10-12,16H,3-9H2,1-2H3. The van der Waals surface area contributed by atoms with E-state index in [0.717, 1.165) is 26.1 Å². The molecular formula is C13H24N2O2. The van der Waals surface area contributed by atoms with Crippen molar-refractivity contribution in [1.82, 2.24) is 9.80 Å². The Morgan fingerprint density at radius 2 is 1.88 bits per heavy atom. The first kappa shape index (κ1) is 12.8. The first-order valence-electron chi connectivity index (χ1n) is 6.72. The summed E-state index contributed by atoms with van der Waals surface area (Å²) in [6, 6.07) is 0. The van der Waals surface area contributed by atoms with Gasteiger partial charge in [0, 0.05) is 26.2 Å². The maximum absolute atomic E-state index is 12.2. The minimum atomic E-state index is -0.234. The predicted molar refractivity (Wildman–Crippen MR) is 66.6 cm³/mol. The van der Waals surface area contributed by atoms with Crippen molar-refractivity contribution in [3.8, 4) is 0 Å². The van der Waals surface area contributed by atoms with E-state index in [4.69, 9.17) is 0 Å². The van der Waals surface area contributed by atoms with Gasteiger partial charge >= 0.3 is 0 Å². The molecule has 0 aromatic heterocycles. The fourth-order valence-electron chi connectivity index (χ4n) is 3.11. The number of β-amino-alcohol motifs (C(OH)–C–C–N with tert-alkyl or cyclic N) is 1. The molecule has 0 saturated carbocycles. The number of amides is 1. The van der Waals surface area contributed by atoms with Crippen LogP contribution in [0.2, 0.25) is 0 Å². The molecule has 17 heavy (non-hydrogen) atoms. The van der Waals surface area contributed by atoms with Gasteiger partial charge in [-0.05, 0) is 24.7 Å². The highest BCUT2D eigenvalue weighted by Gasteiger charge is 2.28. The summed E-state index contributed by atoms with van der Waals surface area (Å²) in [6.45, 7) is 8.23. The number of hydrogen-bond donors (Lipinski definition) is 1. The third-order valence-corrected chi connectivity index (χ3v) is 3.83. The zero-order chi connectivity index (χ0) is 12.4. The molecule has 2 aliphatic rings. The minimum absolute atomic E-state index is 0.234. The Morgan fingerprint density at radius 3 is 2.41 bits per heavy atom. The number of likely N-dealkylation sites (tertiary alicyclic amines) is 2. The second kappa shape index (κ2) is 5.36. The molecule has 0 bridgehead atoms. The monoisotopic (exact) mass is 240 g/mol. The minimum Gasteiger partial charge on any atom is -0.392 e. The lowest BCUT2D eigenvalue weighted by Gasteiger charge is -2.35. The zero-order valence-electron chi connectivity index (χ0n) is 10.9. The molecule has 4 nitrogen and oxygen atoms in total. The van der Waals surface area contributed by atoms with E-state index in [1.165, 1.54) is 6.42 Å². The quantitative estimate of drug-likeness (QED) is 0.767. The van der Waals surface area contributed by atoms with Crippen molar-refractivity contribution >= 4 is 5.91 Å². The van der Waals surface area contributed by atoms with Crippen LogP contribution in [0.5, 0.6) is 0 Å². The van der Waals surface area contributed by atoms with E-state index >= 15 is 0 Å². The third-order valence-electron chi connectivity index (χ3n) is 3.83. The van der Waals surface area contributed by atoms with Crippen LogP contribution in [0.25, 0.3) is 0 Å². The summed E-state index contributed by atoms with van der Waals surface area (Å²) in [7, 11) is 0. The van der Waals surface area contributed by atoms with Crippen molar-refractivity contribution in [3.63, 3.8) is 0 Å². The molecule has 2 saturated heterocycles. The molecule has 0 aromatic carbocycles. The Labute approximate surface area is 104 Å². The summed E-state index contributed by atoms with van der Waals surface area (Å²) in [5.41, 5.74) is 0. The van der Waals surface area contributed by atoms with Crippen molar-refractivity contribution < 1.29 is 9.90 Å². The van der Waals surface area contributed by atoms with Gasteiger partial charge < -0.3 is 10.0 Å². The summed E-state index contributed by atoms with van der Waals surface area (Å²) in [5.74, 6) is 1.47. The largest absolute Gasteiger partial charge is 0.392 e. The first-order valence-corrected chi connectivity index (χ1v) is 6.72. The van der Waals surface area contributed by atoms with Crippen LogP contribution in [0.15, 0.2) is 0 Å². The second-order valence-electron chi connectivity index (χ2n) is 5.92. The fraction of sp³-hybridized carbons (Fsp3) is 0.923. The Bertz CT molecular complexity index is 273. The van der Waals surface area contributed by atoms with Crippen LogP contribution in [-0.4, -0.2) is 59.6 Å². The average Bonchev–Trinajstić information content (AvgIpc) is 2.62. The molecule has 0 spiro atoms. The molecule has 2 rings (SSSR count). The number of aliphatic hydroxyl groups excluding tert-OH is 1. The van der Waals surface area contributed by atoms with Gasteiger partial charge in [-0.2, -0.15) is 0 Å². The smallest absolute Gasteiger partial charge is 0.236 e. The summed E-state index contributed by atoms with van der Waals surface area (Å²) in [5, 5.41) is 9.44. The first-order chi connectivity index (χ1) is 8.04. The lowest BCUT2D eigenvalue weighted by Crippen LogP contribution is -2.46. The summed E-state index contributed by atoms with van der Waals surface area (Å²) in [4.78, 5) is 16.2. The van der Waals surface area contributed by atoms with Crippen LogP contribution in [0.1, 0.15) is 26.7 Å². The molecule has 2 fully saturated rings. The molecule has 3 unspecified atom stereocenters. The molecule has 1 N–H and O–H groups in total. The van der Waals surface area contributed by atoms with Crippen molar-refractivity contribution in [2.24, 2.45) is 11.8 Å². The topological polar surface area (TPSA) is 43.8 Å². The van der Waals surface area contributed by atoms with Gasteiger partial charge in [0.2, 0.25) is 5.91 Å². The summed E-state index contributed by atoms with van der Waals surface area (Å²) < 4.78 is 0. The van der Waals surface area contributed by atoms with Crippen molar-refractivity contribution in [2.75, 3.05) is 32.7 Å². The van der Waals surface area contributed by atoms with E-state index in [-0.39, 0.29) is 12.0 Å². The van der Waals surface area contributed by atoms with Gasteiger partial charge in [0.25, 0.3) is 0 Å². The average molecular weight is 240 g/mol. The van der Waals surface area contributed by atoms with Gasteiger partial charge in [-0.15, -0.1) is 0 Å². The lowest BCUT2D eigenvalue weighted by atomic mass is 9.92. The Kier molecular flexibility index (Phi) is 4.05. The molecule has 4 heteroatoms. The zero-order valence-corrected chi connectivity index (χ0v) is 10.9. The highest BCUT2D eigenvalue weighted by atomic mass is 16.3. The van der Waals surface area contributed by atoms with E-state index in [9.17, 15) is 9.90 Å². The Hall–Kier alpha value is -0.610. The van der Waals surface area contributed by atoms with Crippen molar-refractivity contribution in [1.29, 1.82) is 0 Å². The number of piperidine rings is 1. The van der Waals surface area contributed by atoms with Crippen LogP contribution in [0.3, 0.4) is 0 Å². The maximum atomic E-state index is 12.2. The summed E-state index contributed by atoms with van der Waals surface area (Å²) in [6.07, 6.45) is 1.80. The van der Waals surface area contributed by atoms with Gasteiger partial charge in [0.05, 0.1) is 12.6 Å². The van der Waals surface area contributed by atoms with Gasteiger partial charge in [-0.3, -0.25) is 9.69 Å². The van der Waals surface area contributed by atoms with E-state index < -0.39 is 0 Å². The molecule has 0 aromatic rings. The SMILES string of the molecule is CC1CC(C)CN(C(=O)CN2CCC(O)C2)C1. The maximum Gasteiger partial charge on any atom is 0.236 e. The number of hydrogen-bond acceptors (Lipinski definition) is 3. The molecule has 98 valence electrons. The van der Waals surface area contributed by atoms with Crippen LogP contribution in [-0.2, 0) is 4.79 Å². The van der Waals surface area contributed by atoms with Crippen LogP contribution in [0, 0.1) is 11.8 Å². The van der Waals surface area contributed by atoms with Gasteiger partial charge in [0.15, 0.2) is 0 Å². The van der Waals surface area contributed by atoms with E-state index in [0.29, 0.717) is 24.9 Å². The molecule has 2 aliphatic heterocycles. The Balaban J connectivity index is 1.82. The third kappa shape index (κ3) is 3.42. The van der Waals surface area contributed by atoms with E-state index in [2.05, 4.69) is 18.7 Å². The normalized spacial score (nSPS) is 35.2. The van der Waals surface area contributed by atoms with Gasteiger partial charge in [-0.1, -0.05) is 13.8 Å². The molecule has 0 aliphatic carbocycles.